The molecule has 160 valence electrons. The molecule has 0 saturated carbocycles. The Morgan fingerprint density at radius 2 is 1.80 bits per heavy atom. The third-order valence-corrected chi connectivity index (χ3v) is 7.41. The van der Waals surface area contributed by atoms with Crippen molar-refractivity contribution >= 4 is 44.8 Å². The number of hydrogen-bond donors (Lipinski definition) is 1. The van der Waals surface area contributed by atoms with Crippen LogP contribution in [0.1, 0.15) is 37.0 Å². The summed E-state index contributed by atoms with van der Waals surface area (Å²) in [6.45, 7) is 4.85. The summed E-state index contributed by atoms with van der Waals surface area (Å²) < 4.78 is 26.8. The Kier molecular flexibility index (Phi) is 6.80. The van der Waals surface area contributed by atoms with Crippen LogP contribution in [0.5, 0.6) is 0 Å². The molecule has 0 spiro atoms. The number of amides is 2. The van der Waals surface area contributed by atoms with Gasteiger partial charge in [-0.05, 0) is 48.9 Å². The van der Waals surface area contributed by atoms with Crippen LogP contribution in [-0.2, 0) is 14.8 Å². The van der Waals surface area contributed by atoms with Gasteiger partial charge in [0, 0.05) is 37.4 Å². The van der Waals surface area contributed by atoms with Crippen LogP contribution in [0.2, 0.25) is 5.02 Å². The molecule has 0 radical (unpaired) electrons. The van der Waals surface area contributed by atoms with E-state index in [1.807, 2.05) is 0 Å². The first-order valence-electron chi connectivity index (χ1n) is 9.79. The summed E-state index contributed by atoms with van der Waals surface area (Å²) in [5.41, 5.74) is 1.37. The van der Waals surface area contributed by atoms with Crippen LogP contribution in [0.3, 0.4) is 0 Å². The van der Waals surface area contributed by atoms with Gasteiger partial charge in [-0.3, -0.25) is 9.59 Å². The number of carbonyl (C=O) groups is 2. The lowest BCUT2D eigenvalue weighted by molar-refractivity contribution is -0.117. The predicted molar refractivity (Wildman–Crippen MR) is 118 cm³/mol. The zero-order valence-electron chi connectivity index (χ0n) is 16.9. The number of benzene rings is 2. The summed E-state index contributed by atoms with van der Waals surface area (Å²) in [6, 6.07) is 11.0. The first-order chi connectivity index (χ1) is 14.3. The third-order valence-electron chi connectivity index (χ3n) is 5.04. The van der Waals surface area contributed by atoms with E-state index in [0.717, 1.165) is 12.1 Å². The van der Waals surface area contributed by atoms with Gasteiger partial charge in [0.25, 0.3) is 5.91 Å². The topological polar surface area (TPSA) is 86.8 Å². The van der Waals surface area contributed by atoms with Gasteiger partial charge < -0.3 is 10.2 Å². The van der Waals surface area contributed by atoms with Gasteiger partial charge in [-0.15, -0.1) is 0 Å². The summed E-state index contributed by atoms with van der Waals surface area (Å²) in [7, 11) is -3.71. The molecule has 0 unspecified atom stereocenters. The van der Waals surface area contributed by atoms with Crippen molar-refractivity contribution in [2.24, 2.45) is 0 Å². The SMILES string of the molecule is CCN(CC)S(=O)(=O)c1ccc(Cl)c(C(=O)Nc2ccc(N3CCCC3=O)cc2)c1. The van der Waals surface area contributed by atoms with E-state index in [4.69, 9.17) is 11.6 Å². The molecule has 0 aromatic heterocycles. The summed E-state index contributed by atoms with van der Waals surface area (Å²) in [5.74, 6) is -0.425. The van der Waals surface area contributed by atoms with Crippen LogP contribution < -0.4 is 10.2 Å². The van der Waals surface area contributed by atoms with Gasteiger partial charge in [-0.1, -0.05) is 25.4 Å². The molecular weight excluding hydrogens is 426 g/mol. The minimum absolute atomic E-state index is 0.0173. The van der Waals surface area contributed by atoms with Crippen molar-refractivity contribution in [3.05, 3.63) is 53.1 Å². The smallest absolute Gasteiger partial charge is 0.257 e. The lowest BCUT2D eigenvalue weighted by Gasteiger charge is -2.19. The van der Waals surface area contributed by atoms with Gasteiger partial charge in [0.15, 0.2) is 0 Å². The molecule has 0 aliphatic carbocycles. The fraction of sp³-hybridized carbons (Fsp3) is 0.333. The van der Waals surface area contributed by atoms with Crippen LogP contribution in [0, 0.1) is 0 Å². The Morgan fingerprint density at radius 1 is 1.13 bits per heavy atom. The molecule has 1 aliphatic heterocycles. The zero-order valence-corrected chi connectivity index (χ0v) is 18.5. The molecule has 0 bridgehead atoms. The molecule has 1 aliphatic rings. The van der Waals surface area contributed by atoms with E-state index < -0.39 is 15.9 Å². The average Bonchev–Trinajstić information content (AvgIpc) is 3.15. The minimum Gasteiger partial charge on any atom is -0.322 e. The number of carbonyl (C=O) groups excluding carboxylic acids is 2. The Hall–Kier alpha value is -2.42. The van der Waals surface area contributed by atoms with E-state index >= 15 is 0 Å². The van der Waals surface area contributed by atoms with Crippen molar-refractivity contribution in [1.29, 1.82) is 0 Å². The lowest BCUT2D eigenvalue weighted by Crippen LogP contribution is -2.30. The Bertz CT molecular complexity index is 1050. The number of nitrogens with one attached hydrogen (secondary N) is 1. The Labute approximate surface area is 181 Å². The van der Waals surface area contributed by atoms with Crippen molar-refractivity contribution in [3.63, 3.8) is 0 Å². The summed E-state index contributed by atoms with van der Waals surface area (Å²) in [5, 5.41) is 2.89. The summed E-state index contributed by atoms with van der Waals surface area (Å²) in [4.78, 5) is 26.3. The van der Waals surface area contributed by atoms with E-state index in [0.29, 0.717) is 31.7 Å². The molecule has 2 aromatic rings. The summed E-state index contributed by atoms with van der Waals surface area (Å²) in [6.07, 6.45) is 1.38. The molecule has 2 aromatic carbocycles. The molecule has 2 amide bonds. The van der Waals surface area contributed by atoms with E-state index in [1.54, 1.807) is 43.0 Å². The fourth-order valence-corrected chi connectivity index (χ4v) is 5.08. The molecule has 1 heterocycles. The minimum atomic E-state index is -3.71. The van der Waals surface area contributed by atoms with Gasteiger partial charge in [0.05, 0.1) is 15.5 Å². The fourth-order valence-electron chi connectivity index (χ4n) is 3.40. The second kappa shape index (κ2) is 9.16. The van der Waals surface area contributed by atoms with Gasteiger partial charge in [-0.2, -0.15) is 4.31 Å². The molecule has 9 heteroatoms. The maximum atomic E-state index is 12.7. The number of anilines is 2. The van der Waals surface area contributed by atoms with Gasteiger partial charge >= 0.3 is 0 Å². The van der Waals surface area contributed by atoms with Crippen LogP contribution in [0.25, 0.3) is 0 Å². The highest BCUT2D eigenvalue weighted by molar-refractivity contribution is 7.89. The van der Waals surface area contributed by atoms with Crippen molar-refractivity contribution < 1.29 is 18.0 Å². The molecule has 1 saturated heterocycles. The van der Waals surface area contributed by atoms with Crippen LogP contribution in [0.4, 0.5) is 11.4 Å². The normalized spacial score (nSPS) is 14.4. The Morgan fingerprint density at radius 3 is 2.37 bits per heavy atom. The summed E-state index contributed by atoms with van der Waals surface area (Å²) >= 11 is 6.17. The first kappa shape index (κ1) is 22.3. The monoisotopic (exact) mass is 449 g/mol. The molecular formula is C21H24ClN3O4S. The molecule has 1 N–H and O–H groups in total. The molecule has 3 rings (SSSR count). The van der Waals surface area contributed by atoms with Gasteiger partial charge in [0.2, 0.25) is 15.9 Å². The van der Waals surface area contributed by atoms with Crippen molar-refractivity contribution in [1.82, 2.24) is 4.31 Å². The van der Waals surface area contributed by atoms with E-state index in [1.165, 1.54) is 22.5 Å². The van der Waals surface area contributed by atoms with E-state index in [2.05, 4.69) is 5.32 Å². The number of nitrogens with zero attached hydrogens (tertiary/aromatic N) is 2. The molecule has 30 heavy (non-hydrogen) atoms. The molecule has 0 atom stereocenters. The quantitative estimate of drug-likeness (QED) is 0.697. The highest BCUT2D eigenvalue weighted by atomic mass is 35.5. The number of halogens is 1. The predicted octanol–water partition coefficient (Wildman–Crippen LogP) is 3.75. The standard InChI is InChI=1S/C21H24ClN3O4S/c1-3-24(4-2)30(28,29)17-11-12-19(22)18(14-17)21(27)23-15-7-9-16(10-8-15)25-13-5-6-20(25)26/h7-12,14H,3-6,13H2,1-2H3,(H,23,27). The second-order valence-electron chi connectivity index (χ2n) is 6.88. The van der Waals surface area contributed by atoms with Crippen molar-refractivity contribution in [2.75, 3.05) is 29.9 Å². The molecule has 1 fully saturated rings. The van der Waals surface area contributed by atoms with E-state index in [9.17, 15) is 18.0 Å². The van der Waals surface area contributed by atoms with Crippen molar-refractivity contribution in [2.45, 2.75) is 31.6 Å². The lowest BCUT2D eigenvalue weighted by atomic mass is 10.2. The number of hydrogen-bond acceptors (Lipinski definition) is 4. The number of sulfonamides is 1. The maximum absolute atomic E-state index is 12.7. The van der Waals surface area contributed by atoms with E-state index in [-0.39, 0.29) is 21.4 Å². The average molecular weight is 450 g/mol. The molecule has 7 nitrogen and oxygen atoms in total. The first-order valence-corrected chi connectivity index (χ1v) is 11.6. The largest absolute Gasteiger partial charge is 0.322 e. The third kappa shape index (κ3) is 4.50. The van der Waals surface area contributed by atoms with Gasteiger partial charge in [0.1, 0.15) is 0 Å². The van der Waals surface area contributed by atoms with Crippen LogP contribution in [0.15, 0.2) is 47.4 Å². The van der Waals surface area contributed by atoms with Crippen molar-refractivity contribution in [3.8, 4) is 0 Å². The second-order valence-corrected chi connectivity index (χ2v) is 9.23. The van der Waals surface area contributed by atoms with Crippen LogP contribution in [-0.4, -0.2) is 44.2 Å². The highest BCUT2D eigenvalue weighted by Gasteiger charge is 2.24. The zero-order chi connectivity index (χ0) is 21.9. The Balaban J connectivity index is 1.81. The number of rotatable bonds is 7. The highest BCUT2D eigenvalue weighted by Crippen LogP contribution is 2.26. The van der Waals surface area contributed by atoms with Gasteiger partial charge in [-0.25, -0.2) is 8.42 Å². The maximum Gasteiger partial charge on any atom is 0.257 e. The van der Waals surface area contributed by atoms with Crippen LogP contribution >= 0.6 is 11.6 Å².